The van der Waals surface area contributed by atoms with Crippen molar-refractivity contribution >= 4 is 25.5 Å². The molecule has 3 atom stereocenters. The van der Waals surface area contributed by atoms with Gasteiger partial charge in [-0.3, -0.25) is 4.79 Å². The number of hydrogen-bond donors (Lipinski definition) is 0. The molecule has 0 heterocycles. The molecule has 0 fully saturated rings. The number of benzene rings is 3. The number of carbonyl (C=O) groups excluding carboxylic acids is 1. The van der Waals surface area contributed by atoms with Gasteiger partial charge in [0.2, 0.25) is 0 Å². The van der Waals surface area contributed by atoms with E-state index in [-0.39, 0.29) is 0 Å². The Hall–Kier alpha value is -3.48. The number of ether oxygens (including phenoxy) is 1. The third-order valence-electron chi connectivity index (χ3n) is 6.93. The Morgan fingerprint density at radius 2 is 1.46 bits per heavy atom. The van der Waals surface area contributed by atoms with E-state index in [2.05, 4.69) is 91.1 Å². The predicted molar refractivity (Wildman–Crippen MR) is 157 cm³/mol. The Balaban J connectivity index is 1.54. The molecule has 0 spiro atoms. The van der Waals surface area contributed by atoms with Crippen molar-refractivity contribution in [3.05, 3.63) is 138 Å². The number of aldehydes is 1. The van der Waals surface area contributed by atoms with Crippen molar-refractivity contribution in [3.63, 3.8) is 0 Å². The zero-order chi connectivity index (χ0) is 25.3. The van der Waals surface area contributed by atoms with Gasteiger partial charge in [-0.15, -0.1) is 0 Å². The normalized spacial score (nSPS) is 18.5. The van der Waals surface area contributed by atoms with E-state index in [1.54, 1.807) is 0 Å². The van der Waals surface area contributed by atoms with Gasteiger partial charge >= 0.3 is 0 Å². The quantitative estimate of drug-likeness (QED) is 0.218. The number of carbonyl (C=O) groups is 1. The fourth-order valence-corrected chi connectivity index (χ4v) is 6.39. The van der Waals surface area contributed by atoms with E-state index in [1.165, 1.54) is 16.4 Å². The van der Waals surface area contributed by atoms with Crippen LogP contribution in [0.5, 0.6) is 5.75 Å². The lowest BCUT2D eigenvalue weighted by Crippen LogP contribution is -2.17. The summed E-state index contributed by atoms with van der Waals surface area (Å²) in [5.41, 5.74) is 4.51. The van der Waals surface area contributed by atoms with Crippen molar-refractivity contribution in [1.29, 1.82) is 0 Å². The van der Waals surface area contributed by atoms with Crippen molar-refractivity contribution in [1.82, 2.24) is 0 Å². The Labute approximate surface area is 222 Å². The van der Waals surface area contributed by atoms with Crippen molar-refractivity contribution in [2.24, 2.45) is 11.8 Å². The van der Waals surface area contributed by atoms with Crippen LogP contribution < -0.4 is 15.3 Å². The first kappa shape index (κ1) is 25.2. The van der Waals surface area contributed by atoms with E-state index in [9.17, 15) is 4.79 Å². The van der Waals surface area contributed by atoms with E-state index in [1.807, 2.05) is 24.3 Å². The van der Waals surface area contributed by atoms with Gasteiger partial charge in [-0.25, -0.2) is 0 Å². The van der Waals surface area contributed by atoms with Gasteiger partial charge < -0.3 is 4.74 Å². The minimum atomic E-state index is 0.346. The molecule has 0 aromatic heterocycles. The Bertz CT molecular complexity index is 1330. The second-order valence-corrected chi connectivity index (χ2v) is 11.1. The summed E-state index contributed by atoms with van der Waals surface area (Å²) in [6.45, 7) is 0.524. The zero-order valence-corrected chi connectivity index (χ0v) is 22.1. The van der Waals surface area contributed by atoms with Crippen LogP contribution in [0, 0.1) is 11.8 Å². The van der Waals surface area contributed by atoms with E-state index in [0.717, 1.165) is 54.2 Å². The molecule has 2 aliphatic carbocycles. The minimum Gasteiger partial charge on any atom is -0.488 e. The largest absolute Gasteiger partial charge is 0.488 e. The van der Waals surface area contributed by atoms with Crippen LogP contribution in [0.15, 0.2) is 115 Å². The van der Waals surface area contributed by atoms with E-state index < -0.39 is 0 Å². The second-order valence-electron chi connectivity index (χ2n) is 9.76. The molecule has 2 aliphatic rings. The topological polar surface area (TPSA) is 26.3 Å². The lowest BCUT2D eigenvalue weighted by molar-refractivity contribution is 0.112. The third kappa shape index (κ3) is 6.85. The van der Waals surface area contributed by atoms with Gasteiger partial charge in [-0.1, -0.05) is 118 Å². The van der Waals surface area contributed by atoms with Gasteiger partial charge in [0, 0.05) is 10.9 Å². The molecule has 2 nitrogen and oxygen atoms in total. The molecule has 0 saturated carbocycles. The number of allylic oxidation sites excluding steroid dienone is 8. The van der Waals surface area contributed by atoms with Crippen molar-refractivity contribution in [2.45, 2.75) is 32.3 Å². The molecule has 0 radical (unpaired) electrons. The lowest BCUT2D eigenvalue weighted by atomic mass is 9.89. The number of rotatable bonds is 10. The molecule has 3 heteroatoms. The lowest BCUT2D eigenvalue weighted by Gasteiger charge is -2.22. The monoisotopic (exact) mass is 504 g/mol. The molecule has 0 bridgehead atoms. The summed E-state index contributed by atoms with van der Waals surface area (Å²) in [4.78, 5) is 11.8. The summed E-state index contributed by atoms with van der Waals surface area (Å²) in [6, 6.07) is 23.0. The SMILES string of the molecule is O=Cc1ccccc1Pc1cc(CC2C=CC=CC2)cc(CC2C=CC=CC2)c1OCc1ccccc1. The molecule has 0 aliphatic heterocycles. The maximum atomic E-state index is 11.8. The second kappa shape index (κ2) is 12.7. The molecule has 0 N–H and O–H groups in total. The van der Waals surface area contributed by atoms with Gasteiger partial charge in [0.1, 0.15) is 12.4 Å². The summed E-state index contributed by atoms with van der Waals surface area (Å²) >= 11 is 0. The first-order chi connectivity index (χ1) is 18.3. The third-order valence-corrected chi connectivity index (χ3v) is 8.29. The smallest absolute Gasteiger partial charge is 0.150 e. The van der Waals surface area contributed by atoms with Crippen LogP contribution in [-0.4, -0.2) is 6.29 Å². The molecule has 0 amide bonds. The highest BCUT2D eigenvalue weighted by Crippen LogP contribution is 2.32. The Morgan fingerprint density at radius 3 is 2.16 bits per heavy atom. The van der Waals surface area contributed by atoms with Crippen LogP contribution in [0.4, 0.5) is 0 Å². The fraction of sp³-hybridized carbons (Fsp3) is 0.206. The summed E-state index contributed by atoms with van der Waals surface area (Å²) in [5, 5.41) is 2.24. The predicted octanol–water partition coefficient (Wildman–Crippen LogP) is 7.06. The first-order valence-corrected chi connectivity index (χ1v) is 14.1. The molecule has 3 unspecified atom stereocenters. The molecule has 3 aromatic rings. The van der Waals surface area contributed by atoms with E-state index >= 15 is 0 Å². The fourth-order valence-electron chi connectivity index (χ4n) is 5.03. The first-order valence-electron chi connectivity index (χ1n) is 13.1. The van der Waals surface area contributed by atoms with Crippen LogP contribution in [-0.2, 0) is 19.4 Å². The van der Waals surface area contributed by atoms with Gasteiger partial charge in [-0.2, -0.15) is 0 Å². The van der Waals surface area contributed by atoms with Crippen molar-refractivity contribution < 1.29 is 9.53 Å². The van der Waals surface area contributed by atoms with Crippen molar-refractivity contribution in [2.75, 3.05) is 0 Å². The summed E-state index contributed by atoms with van der Waals surface area (Å²) in [6.07, 6.45) is 22.7. The highest BCUT2D eigenvalue weighted by molar-refractivity contribution is 7.56. The van der Waals surface area contributed by atoms with Crippen molar-refractivity contribution in [3.8, 4) is 5.75 Å². The molecular formula is C34H33O2P. The maximum Gasteiger partial charge on any atom is 0.150 e. The molecule has 37 heavy (non-hydrogen) atoms. The van der Waals surface area contributed by atoms with Crippen LogP contribution >= 0.6 is 8.58 Å². The maximum absolute atomic E-state index is 11.8. The molecule has 3 aromatic carbocycles. The standard InChI is InChI=1S/C34H33O2P/c35-24-30-18-10-11-19-32(30)37-33-23-29(20-26-12-4-1-5-13-26)22-31(21-27-14-6-2-7-15-27)34(33)36-25-28-16-8-3-9-17-28/h1-12,14,16-19,22-24,26-27,37H,13,15,20-21,25H2. The summed E-state index contributed by atoms with van der Waals surface area (Å²) in [5.74, 6) is 1.94. The molecular weight excluding hydrogens is 471 g/mol. The van der Waals surface area contributed by atoms with Gasteiger partial charge in [0.25, 0.3) is 0 Å². The Kier molecular flexibility index (Phi) is 8.62. The summed E-state index contributed by atoms with van der Waals surface area (Å²) in [7, 11) is 0.346. The van der Waals surface area contributed by atoms with Crippen LogP contribution in [0.3, 0.4) is 0 Å². The Morgan fingerprint density at radius 1 is 0.757 bits per heavy atom. The van der Waals surface area contributed by atoms with E-state index in [4.69, 9.17) is 4.74 Å². The average Bonchev–Trinajstić information content (AvgIpc) is 2.95. The highest BCUT2D eigenvalue weighted by atomic mass is 31.1. The zero-order valence-electron chi connectivity index (χ0n) is 21.1. The summed E-state index contributed by atoms with van der Waals surface area (Å²) < 4.78 is 6.64. The highest BCUT2D eigenvalue weighted by Gasteiger charge is 2.19. The van der Waals surface area contributed by atoms with Crippen LogP contribution in [0.2, 0.25) is 0 Å². The average molecular weight is 505 g/mol. The van der Waals surface area contributed by atoms with Crippen LogP contribution in [0.25, 0.3) is 0 Å². The van der Waals surface area contributed by atoms with Gasteiger partial charge in [0.15, 0.2) is 6.29 Å². The molecule has 0 saturated heterocycles. The molecule has 5 rings (SSSR count). The minimum absolute atomic E-state index is 0.346. The van der Waals surface area contributed by atoms with Gasteiger partial charge in [-0.05, 0) is 65.6 Å². The van der Waals surface area contributed by atoms with E-state index in [0.29, 0.717) is 27.0 Å². The molecule has 186 valence electrons. The van der Waals surface area contributed by atoms with Crippen LogP contribution in [0.1, 0.15) is 39.9 Å². The number of hydrogen-bond acceptors (Lipinski definition) is 2. The van der Waals surface area contributed by atoms with Gasteiger partial charge in [0.05, 0.1) is 0 Å².